The van der Waals surface area contributed by atoms with E-state index in [2.05, 4.69) is 34.3 Å². The smallest absolute Gasteiger partial charge is 0.356 e. The Bertz CT molecular complexity index is 1950. The highest BCUT2D eigenvalue weighted by Gasteiger charge is 2.23. The SMILES string of the molecule is CCCCCCCCn1c(O)c2c(=c3ccc(=CN=NC(N)=O)cc3)n(CCCCCCCC)c(O)c2c1=c1ccc(=CN=NC(N)=O)cc1. The number of urea groups is 2. The number of primary amides is 2. The molecule has 266 valence electrons. The molecule has 12 heteroatoms. The number of unbranched alkanes of at least 4 members (excludes halogenated alkanes) is 10. The number of carbonyl (C=O) groups excluding carboxylic acids is 2. The summed E-state index contributed by atoms with van der Waals surface area (Å²) in [5, 5.41) is 44.0. The summed E-state index contributed by atoms with van der Waals surface area (Å²) >= 11 is 0. The lowest BCUT2D eigenvalue weighted by Gasteiger charge is -2.10. The van der Waals surface area contributed by atoms with Crippen molar-refractivity contribution in [3.63, 3.8) is 0 Å². The normalized spacial score (nSPS) is 11.6. The highest BCUT2D eigenvalue weighted by atomic mass is 16.3. The second-order valence-corrected chi connectivity index (χ2v) is 12.5. The summed E-state index contributed by atoms with van der Waals surface area (Å²) < 4.78 is 3.83. The van der Waals surface area contributed by atoms with Crippen molar-refractivity contribution in [2.75, 3.05) is 0 Å². The Kier molecular flexibility index (Phi) is 14.3. The second-order valence-electron chi connectivity index (χ2n) is 12.5. The average Bonchev–Trinajstić information content (AvgIpc) is 3.54. The summed E-state index contributed by atoms with van der Waals surface area (Å²) in [5.41, 5.74) is 10.1. The van der Waals surface area contributed by atoms with Crippen molar-refractivity contribution in [1.82, 2.24) is 9.13 Å². The number of hydrogen-bond acceptors (Lipinski definition) is 6. The third kappa shape index (κ3) is 9.90. The fraction of sp³-hybridized carbons (Fsp3) is 0.421. The van der Waals surface area contributed by atoms with Crippen molar-refractivity contribution in [1.29, 1.82) is 0 Å². The van der Waals surface area contributed by atoms with Crippen LogP contribution in [0, 0.1) is 21.1 Å². The summed E-state index contributed by atoms with van der Waals surface area (Å²) in [6, 6.07) is 13.3. The van der Waals surface area contributed by atoms with Crippen LogP contribution in [0.1, 0.15) is 90.9 Å². The molecule has 0 saturated carbocycles. The van der Waals surface area contributed by atoms with E-state index >= 15 is 0 Å². The molecule has 0 unspecified atom stereocenters. The number of fused-ring (bicyclic) bond motifs is 1. The third-order valence-electron chi connectivity index (χ3n) is 8.79. The molecule has 0 radical (unpaired) electrons. The van der Waals surface area contributed by atoms with Crippen LogP contribution in [-0.2, 0) is 13.1 Å². The van der Waals surface area contributed by atoms with Gasteiger partial charge in [-0.15, -0.1) is 0 Å². The van der Waals surface area contributed by atoms with Gasteiger partial charge in [-0.3, -0.25) is 0 Å². The van der Waals surface area contributed by atoms with Gasteiger partial charge in [0.1, 0.15) is 0 Å². The summed E-state index contributed by atoms with van der Waals surface area (Å²) in [7, 11) is 0. The molecule has 4 rings (SSSR count). The van der Waals surface area contributed by atoms with E-state index in [0.29, 0.717) is 34.3 Å². The maximum atomic E-state index is 12.1. The number of nitrogens with zero attached hydrogens (tertiary/aromatic N) is 6. The molecule has 0 atom stereocenters. The van der Waals surface area contributed by atoms with Crippen LogP contribution in [0.15, 0.2) is 69.0 Å². The van der Waals surface area contributed by atoms with Crippen LogP contribution < -0.4 is 21.9 Å². The first kappa shape index (κ1) is 37.6. The second kappa shape index (κ2) is 19.1. The molecule has 12 nitrogen and oxygen atoms in total. The first-order valence-corrected chi connectivity index (χ1v) is 17.7. The third-order valence-corrected chi connectivity index (χ3v) is 8.79. The molecular formula is C38H50N8O4. The molecule has 0 bridgehead atoms. The zero-order chi connectivity index (χ0) is 35.9. The van der Waals surface area contributed by atoms with E-state index in [1.54, 1.807) is 0 Å². The van der Waals surface area contributed by atoms with Crippen LogP contribution in [0.25, 0.3) is 23.2 Å². The number of azo groups is 2. The fourth-order valence-electron chi connectivity index (χ4n) is 6.32. The quantitative estimate of drug-likeness (QED) is 0.0697. The highest BCUT2D eigenvalue weighted by molar-refractivity contribution is 5.94. The van der Waals surface area contributed by atoms with Gasteiger partial charge in [0, 0.05) is 13.1 Å². The Hall–Kier alpha value is -5.26. The Morgan fingerprint density at radius 1 is 0.580 bits per heavy atom. The van der Waals surface area contributed by atoms with Gasteiger partial charge in [-0.1, -0.05) is 137 Å². The van der Waals surface area contributed by atoms with Gasteiger partial charge >= 0.3 is 12.1 Å². The van der Waals surface area contributed by atoms with Crippen molar-refractivity contribution < 1.29 is 19.8 Å². The molecule has 50 heavy (non-hydrogen) atoms. The van der Waals surface area contributed by atoms with E-state index in [4.69, 9.17) is 11.5 Å². The first-order valence-electron chi connectivity index (χ1n) is 17.7. The van der Waals surface area contributed by atoms with Gasteiger partial charge in [-0.2, -0.15) is 10.2 Å². The van der Waals surface area contributed by atoms with E-state index in [-0.39, 0.29) is 11.8 Å². The predicted octanol–water partition coefficient (Wildman–Crippen LogP) is 7.69. The summed E-state index contributed by atoms with van der Waals surface area (Å²) in [6.45, 7) is 5.56. The van der Waals surface area contributed by atoms with Crippen LogP contribution in [0.5, 0.6) is 11.8 Å². The lowest BCUT2D eigenvalue weighted by molar-refractivity contribution is 0.254. The van der Waals surface area contributed by atoms with Gasteiger partial charge in [-0.25, -0.2) is 9.59 Å². The molecule has 0 aliphatic rings. The van der Waals surface area contributed by atoms with Crippen molar-refractivity contribution in [3.05, 3.63) is 80.1 Å². The maximum Gasteiger partial charge on any atom is 0.356 e. The minimum absolute atomic E-state index is 0.104. The molecule has 0 aliphatic carbocycles. The Balaban J connectivity index is 1.99. The molecule has 0 fully saturated rings. The van der Waals surface area contributed by atoms with E-state index in [9.17, 15) is 19.8 Å². The first-order chi connectivity index (χ1) is 24.3. The van der Waals surface area contributed by atoms with Crippen molar-refractivity contribution in [3.8, 4) is 11.8 Å². The standard InChI is InChI=1S/C38H50N8O4/c1-3-5-7-9-11-13-23-45-33(29-19-15-27(16-20-29)25-41-43-37(39)49)31-32(35(45)47)34(46(36(31)48)24-14-12-10-8-6-4-2)30-21-17-28(18-22-30)26-42-44-38(40)50/h15-22,25-26,47-48H,3-14,23-24H2,1-2H3,(H2,39,49)(H2,40,50). The van der Waals surface area contributed by atoms with E-state index in [1.807, 2.05) is 57.7 Å². The molecule has 2 heterocycles. The fourth-order valence-corrected chi connectivity index (χ4v) is 6.32. The molecule has 4 aromatic rings. The number of carbonyl (C=O) groups is 2. The molecular weight excluding hydrogens is 632 g/mol. The van der Waals surface area contributed by atoms with E-state index < -0.39 is 12.1 Å². The number of aromatic nitrogens is 2. The Morgan fingerprint density at radius 2 is 0.920 bits per heavy atom. The predicted molar refractivity (Wildman–Crippen MR) is 195 cm³/mol. The molecule has 2 aromatic heterocycles. The van der Waals surface area contributed by atoms with Crippen LogP contribution in [-0.4, -0.2) is 31.4 Å². The minimum Gasteiger partial charge on any atom is -0.494 e. The molecule has 0 saturated heterocycles. The largest absolute Gasteiger partial charge is 0.494 e. The van der Waals surface area contributed by atoms with Crippen molar-refractivity contribution in [2.45, 2.75) is 104 Å². The topological polar surface area (TPSA) is 186 Å². The number of rotatable bonds is 16. The number of nitrogens with two attached hydrogens (primary N) is 2. The van der Waals surface area contributed by atoms with E-state index in [0.717, 1.165) is 59.7 Å². The molecule has 0 aliphatic heterocycles. The zero-order valence-electron chi connectivity index (χ0n) is 29.2. The molecule has 0 spiro atoms. The number of hydrogen-bond donors (Lipinski definition) is 4. The summed E-state index contributed by atoms with van der Waals surface area (Å²) in [5.74, 6) is 0.208. The zero-order valence-corrected chi connectivity index (χ0v) is 29.2. The Morgan fingerprint density at radius 3 is 1.26 bits per heavy atom. The van der Waals surface area contributed by atoms with Gasteiger partial charge in [0.05, 0.1) is 33.9 Å². The lowest BCUT2D eigenvalue weighted by atomic mass is 10.1. The minimum atomic E-state index is -0.874. The Labute approximate surface area is 291 Å². The van der Waals surface area contributed by atoms with Crippen LogP contribution in [0.3, 0.4) is 0 Å². The summed E-state index contributed by atoms with van der Waals surface area (Å²) in [6.07, 6.45) is 16.1. The van der Waals surface area contributed by atoms with Gasteiger partial charge < -0.3 is 30.8 Å². The van der Waals surface area contributed by atoms with Crippen LogP contribution in [0.2, 0.25) is 0 Å². The molecule has 4 amide bonds. The lowest BCUT2D eigenvalue weighted by Crippen LogP contribution is -2.04. The van der Waals surface area contributed by atoms with E-state index in [1.165, 1.54) is 50.9 Å². The van der Waals surface area contributed by atoms with Crippen LogP contribution in [0.4, 0.5) is 9.59 Å². The monoisotopic (exact) mass is 682 g/mol. The summed E-state index contributed by atoms with van der Waals surface area (Å²) in [4.78, 5) is 22.0. The molecule has 2 aromatic carbocycles. The van der Waals surface area contributed by atoms with Crippen molar-refractivity contribution in [2.24, 2.45) is 31.9 Å². The number of benzene rings is 2. The number of aromatic hydroxyl groups is 2. The number of amides is 4. The maximum absolute atomic E-state index is 12.1. The average molecular weight is 683 g/mol. The molecule has 6 N–H and O–H groups in total. The van der Waals surface area contributed by atoms with Gasteiger partial charge in [-0.05, 0) is 33.7 Å². The van der Waals surface area contributed by atoms with Crippen LogP contribution >= 0.6 is 0 Å². The van der Waals surface area contributed by atoms with Crippen molar-refractivity contribution >= 4 is 35.2 Å². The van der Waals surface area contributed by atoms with Gasteiger partial charge in [0.2, 0.25) is 11.8 Å². The highest BCUT2D eigenvalue weighted by Crippen LogP contribution is 2.39. The van der Waals surface area contributed by atoms with Gasteiger partial charge in [0.15, 0.2) is 0 Å². The van der Waals surface area contributed by atoms with Gasteiger partial charge in [0.25, 0.3) is 0 Å².